The summed E-state index contributed by atoms with van der Waals surface area (Å²) in [7, 11) is 1.05. The van der Waals surface area contributed by atoms with Gasteiger partial charge in [-0.25, -0.2) is 0 Å². The summed E-state index contributed by atoms with van der Waals surface area (Å²) in [6.07, 6.45) is -4.91. The Hall–Kier alpha value is -1.21. The Morgan fingerprint density at radius 1 is 1.46 bits per heavy atom. The highest BCUT2D eigenvalue weighted by Gasteiger charge is 2.54. The zero-order valence-electron chi connectivity index (χ0n) is 6.59. The minimum absolute atomic E-state index is 0.217. The van der Waals surface area contributed by atoms with E-state index in [-0.39, 0.29) is 6.54 Å². The van der Waals surface area contributed by atoms with Crippen molar-refractivity contribution < 1.29 is 27.4 Å². The second-order valence-corrected chi connectivity index (χ2v) is 2.49. The summed E-state index contributed by atoms with van der Waals surface area (Å²) in [5.74, 6) is -2.82. The van der Waals surface area contributed by atoms with Crippen LogP contribution in [0.2, 0.25) is 0 Å². The lowest BCUT2D eigenvalue weighted by atomic mass is 10.4. The Balaban J connectivity index is 2.52. The predicted molar refractivity (Wildman–Crippen MR) is 36.2 cm³/mol. The topological polar surface area (TPSA) is 46.4 Å². The standard InChI is InChI=1S/C5H5BF3NO3/c6-13-3(11)2-1-10(2)4(12)5(7,8)9/h2H,1,6H2/t2-,10?/m1/s1. The molecular weight excluding hydrogens is 190 g/mol. The van der Waals surface area contributed by atoms with Gasteiger partial charge in [0, 0.05) is 0 Å². The van der Waals surface area contributed by atoms with Gasteiger partial charge in [-0.3, -0.25) is 9.59 Å². The number of nitrogens with zero attached hydrogens (tertiary/aromatic N) is 1. The highest BCUT2D eigenvalue weighted by molar-refractivity contribution is 6.07. The second-order valence-electron chi connectivity index (χ2n) is 2.49. The predicted octanol–water partition coefficient (Wildman–Crippen LogP) is -1.15. The molecule has 13 heavy (non-hydrogen) atoms. The largest absolute Gasteiger partial charge is 0.542 e. The van der Waals surface area contributed by atoms with E-state index in [0.717, 1.165) is 8.05 Å². The van der Waals surface area contributed by atoms with Gasteiger partial charge in [-0.05, 0) is 0 Å². The summed E-state index contributed by atoms with van der Waals surface area (Å²) >= 11 is 0. The van der Waals surface area contributed by atoms with Crippen molar-refractivity contribution in [3.63, 3.8) is 0 Å². The Bertz CT molecular complexity index is 254. The lowest BCUT2D eigenvalue weighted by Gasteiger charge is -2.06. The first-order valence-electron chi connectivity index (χ1n) is 3.33. The normalized spacial score (nSPS) is 21.2. The summed E-state index contributed by atoms with van der Waals surface area (Å²) < 4.78 is 39.4. The van der Waals surface area contributed by atoms with Crippen LogP contribution < -0.4 is 0 Å². The summed E-state index contributed by atoms with van der Waals surface area (Å²) in [5.41, 5.74) is 0. The molecule has 1 aliphatic rings. The monoisotopic (exact) mass is 195 g/mol. The third-order valence-electron chi connectivity index (χ3n) is 1.59. The Morgan fingerprint density at radius 2 is 2.00 bits per heavy atom. The van der Waals surface area contributed by atoms with Crippen LogP contribution in [0.4, 0.5) is 13.2 Å². The number of amides is 1. The van der Waals surface area contributed by atoms with Crippen LogP contribution >= 0.6 is 0 Å². The molecule has 72 valence electrons. The van der Waals surface area contributed by atoms with E-state index in [1.165, 1.54) is 0 Å². The summed E-state index contributed by atoms with van der Waals surface area (Å²) in [6.45, 7) is -0.217. The smallest absolute Gasteiger partial charge is 0.471 e. The van der Waals surface area contributed by atoms with Gasteiger partial charge >= 0.3 is 26.1 Å². The Morgan fingerprint density at radius 3 is 2.38 bits per heavy atom. The van der Waals surface area contributed by atoms with Gasteiger partial charge in [-0.1, -0.05) is 0 Å². The second kappa shape index (κ2) is 2.93. The van der Waals surface area contributed by atoms with Crippen molar-refractivity contribution in [3.8, 4) is 0 Å². The van der Waals surface area contributed by atoms with Gasteiger partial charge in [-0.15, -0.1) is 0 Å². The number of hydrogen-bond acceptors (Lipinski definition) is 3. The fourth-order valence-electron chi connectivity index (χ4n) is 0.864. The Labute approximate surface area is 72.1 Å². The molecule has 0 unspecified atom stereocenters. The molecule has 1 fully saturated rings. The van der Waals surface area contributed by atoms with Crippen molar-refractivity contribution in [3.05, 3.63) is 0 Å². The van der Waals surface area contributed by atoms with E-state index < -0.39 is 24.1 Å². The van der Waals surface area contributed by atoms with Crippen LogP contribution in [-0.2, 0) is 14.2 Å². The molecule has 0 bridgehead atoms. The van der Waals surface area contributed by atoms with Crippen LogP contribution in [0.5, 0.6) is 0 Å². The molecule has 1 atom stereocenters. The number of rotatable bonds is 1. The van der Waals surface area contributed by atoms with Crippen LogP contribution in [0.1, 0.15) is 0 Å². The average molecular weight is 195 g/mol. The molecule has 0 aromatic heterocycles. The molecule has 1 amide bonds. The van der Waals surface area contributed by atoms with Crippen molar-refractivity contribution in [2.75, 3.05) is 6.54 Å². The van der Waals surface area contributed by atoms with Gasteiger partial charge in [0.1, 0.15) is 6.04 Å². The minimum Gasteiger partial charge on any atom is -0.542 e. The van der Waals surface area contributed by atoms with Crippen LogP contribution in [0.25, 0.3) is 0 Å². The van der Waals surface area contributed by atoms with E-state index in [0.29, 0.717) is 4.90 Å². The first kappa shape index (κ1) is 9.88. The first-order valence-corrected chi connectivity index (χ1v) is 3.33. The summed E-state index contributed by atoms with van der Waals surface area (Å²) in [6, 6.07) is -1.06. The zero-order valence-corrected chi connectivity index (χ0v) is 6.59. The van der Waals surface area contributed by atoms with Crippen molar-refractivity contribution in [2.45, 2.75) is 12.2 Å². The highest BCUT2D eigenvalue weighted by Crippen LogP contribution is 2.27. The highest BCUT2D eigenvalue weighted by atomic mass is 19.4. The van der Waals surface area contributed by atoms with E-state index in [1.54, 1.807) is 0 Å². The molecule has 1 aliphatic heterocycles. The molecule has 0 N–H and O–H groups in total. The minimum atomic E-state index is -4.91. The molecule has 0 aromatic rings. The lowest BCUT2D eigenvalue weighted by molar-refractivity contribution is -0.180. The summed E-state index contributed by atoms with van der Waals surface area (Å²) in [5, 5.41) is 0. The fourth-order valence-corrected chi connectivity index (χ4v) is 0.864. The van der Waals surface area contributed by atoms with Gasteiger partial charge in [0.05, 0.1) is 6.54 Å². The summed E-state index contributed by atoms with van der Waals surface area (Å²) in [4.78, 5) is 21.5. The van der Waals surface area contributed by atoms with Crippen LogP contribution in [0.15, 0.2) is 0 Å². The van der Waals surface area contributed by atoms with Crippen molar-refractivity contribution in [1.29, 1.82) is 0 Å². The number of halogens is 3. The average Bonchev–Trinajstić information content (AvgIpc) is 2.79. The molecule has 0 aliphatic carbocycles. The SMILES string of the molecule is BOC(=O)[C@H]1CN1C(=O)C(F)(F)F. The van der Waals surface area contributed by atoms with Crippen LogP contribution in [-0.4, -0.2) is 43.6 Å². The molecule has 1 rings (SSSR count). The van der Waals surface area contributed by atoms with Gasteiger partial charge < -0.3 is 9.55 Å². The molecule has 0 aromatic carbocycles. The lowest BCUT2D eigenvalue weighted by Crippen LogP contribution is -2.32. The molecule has 0 saturated carbocycles. The zero-order chi connectivity index (χ0) is 10.2. The molecule has 1 saturated heterocycles. The van der Waals surface area contributed by atoms with E-state index in [1.807, 2.05) is 0 Å². The van der Waals surface area contributed by atoms with Gasteiger partial charge in [0.15, 0.2) is 0 Å². The van der Waals surface area contributed by atoms with Crippen molar-refractivity contribution in [1.82, 2.24) is 4.90 Å². The fraction of sp³-hybridized carbons (Fsp3) is 0.600. The van der Waals surface area contributed by atoms with Crippen molar-refractivity contribution >= 4 is 19.9 Å². The first-order chi connectivity index (χ1) is 5.88. The number of carbonyl (C=O) groups excluding carboxylic acids is 2. The van der Waals surface area contributed by atoms with E-state index in [9.17, 15) is 22.8 Å². The molecule has 4 nitrogen and oxygen atoms in total. The van der Waals surface area contributed by atoms with E-state index in [2.05, 4.69) is 4.65 Å². The maximum Gasteiger partial charge on any atom is 0.471 e. The Kier molecular flexibility index (Phi) is 2.23. The number of carbonyl (C=O) groups is 2. The van der Waals surface area contributed by atoms with Crippen molar-refractivity contribution in [2.24, 2.45) is 0 Å². The molecule has 1 heterocycles. The van der Waals surface area contributed by atoms with Crippen LogP contribution in [0.3, 0.4) is 0 Å². The van der Waals surface area contributed by atoms with Gasteiger partial charge in [0.2, 0.25) is 0 Å². The molecule has 0 spiro atoms. The van der Waals surface area contributed by atoms with Crippen LogP contribution in [0, 0.1) is 0 Å². The molecular formula is C5H5BF3NO3. The molecule has 0 radical (unpaired) electrons. The maximum atomic E-state index is 11.7. The third-order valence-corrected chi connectivity index (χ3v) is 1.59. The van der Waals surface area contributed by atoms with Gasteiger partial charge in [0.25, 0.3) is 0 Å². The van der Waals surface area contributed by atoms with E-state index >= 15 is 0 Å². The number of hydrogen-bond donors (Lipinski definition) is 0. The third kappa shape index (κ3) is 1.93. The molecule has 8 heteroatoms. The van der Waals surface area contributed by atoms with E-state index in [4.69, 9.17) is 0 Å². The maximum absolute atomic E-state index is 11.7. The number of alkyl halides is 3. The quantitative estimate of drug-likeness (QED) is 0.392. The van der Waals surface area contributed by atoms with Gasteiger partial charge in [-0.2, -0.15) is 13.2 Å².